The monoisotopic (exact) mass is 264 g/mol. The van der Waals surface area contributed by atoms with E-state index in [1.807, 2.05) is 0 Å². The Morgan fingerprint density at radius 2 is 1.81 bits per heavy atom. The zero-order chi connectivity index (χ0) is 12.3. The lowest BCUT2D eigenvalue weighted by atomic mass is 10.1. The van der Waals surface area contributed by atoms with Crippen LogP contribution in [0.1, 0.15) is 11.7 Å². The van der Waals surface area contributed by atoms with Gasteiger partial charge in [-0.25, -0.2) is 8.42 Å². The fraction of sp³-hybridized carbons (Fsp3) is 0.400. The molecule has 0 saturated carbocycles. The van der Waals surface area contributed by atoms with Crippen molar-refractivity contribution in [2.24, 2.45) is 0 Å². The minimum absolute atomic E-state index is 0.411. The molecule has 0 aliphatic carbocycles. The number of hydrogen-bond acceptors (Lipinski definition) is 4. The molecule has 16 heavy (non-hydrogen) atoms. The number of rotatable bonds is 4. The van der Waals surface area contributed by atoms with E-state index in [2.05, 4.69) is 0 Å². The quantitative estimate of drug-likeness (QED) is 0.843. The summed E-state index contributed by atoms with van der Waals surface area (Å²) < 4.78 is 22.6. The number of benzene rings is 1. The van der Waals surface area contributed by atoms with Crippen LogP contribution in [0.2, 0.25) is 5.02 Å². The minimum atomic E-state index is -3.51. The van der Waals surface area contributed by atoms with Gasteiger partial charge in [0.2, 0.25) is 0 Å². The maximum absolute atomic E-state index is 11.3. The van der Waals surface area contributed by atoms with Crippen molar-refractivity contribution in [2.45, 2.75) is 11.4 Å². The van der Waals surface area contributed by atoms with Crippen LogP contribution in [-0.4, -0.2) is 36.7 Å². The second-order valence-corrected chi connectivity index (χ2v) is 6.25. The van der Waals surface area contributed by atoms with Gasteiger partial charge in [0.1, 0.15) is 5.25 Å². The van der Waals surface area contributed by atoms with Crippen LogP contribution in [0, 0.1) is 0 Å². The summed E-state index contributed by atoms with van der Waals surface area (Å²) in [5, 5.41) is 18.1. The Morgan fingerprint density at radius 1 is 1.31 bits per heavy atom. The first-order valence-corrected chi connectivity index (χ1v) is 6.92. The van der Waals surface area contributed by atoms with Crippen molar-refractivity contribution in [1.29, 1.82) is 0 Å². The molecule has 1 aromatic carbocycles. The summed E-state index contributed by atoms with van der Waals surface area (Å²) in [6.45, 7) is -0.622. The van der Waals surface area contributed by atoms with Crippen LogP contribution in [0.3, 0.4) is 0 Å². The molecular weight excluding hydrogens is 252 g/mol. The Kier molecular flexibility index (Phi) is 4.32. The highest BCUT2D eigenvalue weighted by Crippen LogP contribution is 2.23. The van der Waals surface area contributed by atoms with Gasteiger partial charge < -0.3 is 10.2 Å². The highest BCUT2D eigenvalue weighted by molar-refractivity contribution is 7.91. The average Bonchev–Trinajstić information content (AvgIpc) is 2.17. The summed E-state index contributed by atoms with van der Waals surface area (Å²) in [5.41, 5.74) is 0.411. The normalized spacial score (nSPS) is 15.8. The van der Waals surface area contributed by atoms with Crippen LogP contribution >= 0.6 is 11.6 Å². The van der Waals surface area contributed by atoms with Crippen LogP contribution in [0.15, 0.2) is 24.3 Å². The lowest BCUT2D eigenvalue weighted by molar-refractivity contribution is 0.138. The Labute approximate surface area is 99.4 Å². The standard InChI is InChI=1S/C10H13ClO4S/c1-16(14,15)9(6-12)10(13)7-2-4-8(11)5-3-7/h2-5,9-10,12-13H,6H2,1H3. The molecular formula is C10H13ClO4S. The van der Waals surface area contributed by atoms with E-state index in [4.69, 9.17) is 16.7 Å². The van der Waals surface area contributed by atoms with Gasteiger partial charge >= 0.3 is 0 Å². The smallest absolute Gasteiger partial charge is 0.155 e. The van der Waals surface area contributed by atoms with Crippen LogP contribution in [0.5, 0.6) is 0 Å². The molecule has 0 bridgehead atoms. The molecule has 6 heteroatoms. The first-order chi connectivity index (χ1) is 7.36. The lowest BCUT2D eigenvalue weighted by Gasteiger charge is -2.19. The molecule has 0 amide bonds. The van der Waals surface area contributed by atoms with Crippen molar-refractivity contribution < 1.29 is 18.6 Å². The van der Waals surface area contributed by atoms with Crippen molar-refractivity contribution in [1.82, 2.24) is 0 Å². The Hall–Kier alpha value is -0.620. The summed E-state index contributed by atoms with van der Waals surface area (Å²) in [7, 11) is -3.51. The van der Waals surface area contributed by atoms with Crippen molar-refractivity contribution in [3.8, 4) is 0 Å². The molecule has 0 aromatic heterocycles. The van der Waals surface area contributed by atoms with Gasteiger partial charge in [0.15, 0.2) is 9.84 Å². The van der Waals surface area contributed by atoms with Crippen molar-refractivity contribution in [3.63, 3.8) is 0 Å². The zero-order valence-electron chi connectivity index (χ0n) is 8.67. The summed E-state index contributed by atoms with van der Waals surface area (Å²) in [5.74, 6) is 0. The van der Waals surface area contributed by atoms with E-state index in [0.29, 0.717) is 10.6 Å². The van der Waals surface area contributed by atoms with Gasteiger partial charge in [-0.3, -0.25) is 0 Å². The van der Waals surface area contributed by atoms with E-state index in [-0.39, 0.29) is 0 Å². The van der Waals surface area contributed by atoms with Crippen LogP contribution in [0.25, 0.3) is 0 Å². The fourth-order valence-corrected chi connectivity index (χ4v) is 2.37. The van der Waals surface area contributed by atoms with E-state index in [1.165, 1.54) is 12.1 Å². The number of hydrogen-bond donors (Lipinski definition) is 2. The Bertz CT molecular complexity index is 440. The summed E-state index contributed by atoms with van der Waals surface area (Å²) >= 11 is 5.67. The molecule has 2 N–H and O–H groups in total. The van der Waals surface area contributed by atoms with Crippen molar-refractivity contribution in [2.75, 3.05) is 12.9 Å². The fourth-order valence-electron chi connectivity index (χ4n) is 1.34. The molecule has 1 aromatic rings. The molecule has 0 radical (unpaired) electrons. The molecule has 0 heterocycles. The molecule has 2 unspecified atom stereocenters. The molecule has 0 saturated heterocycles. The first kappa shape index (κ1) is 13.4. The lowest BCUT2D eigenvalue weighted by Crippen LogP contribution is -2.31. The Balaban J connectivity index is 3.00. The van der Waals surface area contributed by atoms with Gasteiger partial charge in [-0.1, -0.05) is 23.7 Å². The van der Waals surface area contributed by atoms with E-state index in [1.54, 1.807) is 12.1 Å². The number of aliphatic hydroxyl groups is 2. The van der Waals surface area contributed by atoms with E-state index in [0.717, 1.165) is 6.26 Å². The molecule has 0 spiro atoms. The third-order valence-corrected chi connectivity index (χ3v) is 4.05. The largest absolute Gasteiger partial charge is 0.395 e. The molecule has 90 valence electrons. The van der Waals surface area contributed by atoms with Gasteiger partial charge in [0.05, 0.1) is 12.7 Å². The first-order valence-electron chi connectivity index (χ1n) is 4.59. The van der Waals surface area contributed by atoms with Gasteiger partial charge in [0, 0.05) is 11.3 Å². The second-order valence-electron chi connectivity index (χ2n) is 3.55. The SMILES string of the molecule is CS(=O)(=O)C(CO)C(O)c1ccc(Cl)cc1. The third-order valence-electron chi connectivity index (χ3n) is 2.29. The second kappa shape index (κ2) is 5.14. The number of halogens is 1. The molecule has 1 rings (SSSR count). The van der Waals surface area contributed by atoms with Gasteiger partial charge in [-0.2, -0.15) is 0 Å². The summed E-state index contributed by atoms with van der Waals surface area (Å²) in [4.78, 5) is 0. The number of aliphatic hydroxyl groups excluding tert-OH is 2. The molecule has 0 aliphatic heterocycles. The van der Waals surface area contributed by atoms with E-state index < -0.39 is 27.8 Å². The van der Waals surface area contributed by atoms with E-state index in [9.17, 15) is 13.5 Å². The molecule has 2 atom stereocenters. The Morgan fingerprint density at radius 3 is 2.19 bits per heavy atom. The topological polar surface area (TPSA) is 74.6 Å². The van der Waals surface area contributed by atoms with Crippen LogP contribution in [-0.2, 0) is 9.84 Å². The van der Waals surface area contributed by atoms with Crippen LogP contribution < -0.4 is 0 Å². The maximum atomic E-state index is 11.3. The van der Waals surface area contributed by atoms with Crippen molar-refractivity contribution >= 4 is 21.4 Å². The zero-order valence-corrected chi connectivity index (χ0v) is 10.2. The highest BCUT2D eigenvalue weighted by Gasteiger charge is 2.29. The molecule has 0 aliphatic rings. The highest BCUT2D eigenvalue weighted by atomic mass is 35.5. The summed E-state index contributed by atoms with van der Waals surface area (Å²) in [6, 6.07) is 6.16. The third kappa shape index (κ3) is 3.18. The predicted molar refractivity (Wildman–Crippen MR) is 62.1 cm³/mol. The number of sulfone groups is 1. The summed E-state index contributed by atoms with van der Waals surface area (Å²) in [6.07, 6.45) is -0.273. The molecule has 0 fully saturated rings. The van der Waals surface area contributed by atoms with Crippen LogP contribution in [0.4, 0.5) is 0 Å². The van der Waals surface area contributed by atoms with E-state index >= 15 is 0 Å². The minimum Gasteiger partial charge on any atom is -0.395 e. The predicted octanol–water partition coefficient (Wildman–Crippen LogP) is 0.779. The van der Waals surface area contributed by atoms with Gasteiger partial charge in [-0.15, -0.1) is 0 Å². The van der Waals surface area contributed by atoms with Gasteiger partial charge in [-0.05, 0) is 17.7 Å². The maximum Gasteiger partial charge on any atom is 0.155 e. The van der Waals surface area contributed by atoms with Crippen molar-refractivity contribution in [3.05, 3.63) is 34.9 Å². The van der Waals surface area contributed by atoms with Gasteiger partial charge in [0.25, 0.3) is 0 Å². The average molecular weight is 265 g/mol. The molecule has 4 nitrogen and oxygen atoms in total.